The number of ether oxygens (including phenoxy) is 5. The summed E-state index contributed by atoms with van der Waals surface area (Å²) in [5, 5.41) is 40.5. The minimum absolute atomic E-state index is 0.0774. The van der Waals surface area contributed by atoms with Crippen LogP contribution in [-0.2, 0) is 20.8 Å². The minimum Gasteiger partial charge on any atom is -0.503 e. The molecule has 3 aliphatic heterocycles. The predicted molar refractivity (Wildman–Crippen MR) is 151 cm³/mol. The molecule has 0 aliphatic carbocycles. The highest BCUT2D eigenvalue weighted by Crippen LogP contribution is 2.43. The van der Waals surface area contributed by atoms with Crippen molar-refractivity contribution in [2.24, 2.45) is 0 Å². The zero-order valence-electron chi connectivity index (χ0n) is 24.1. The van der Waals surface area contributed by atoms with Gasteiger partial charge in [-0.15, -0.1) is 0 Å². The van der Waals surface area contributed by atoms with Gasteiger partial charge in [0.15, 0.2) is 17.7 Å². The quantitative estimate of drug-likeness (QED) is 0.355. The van der Waals surface area contributed by atoms with Gasteiger partial charge in [-0.25, -0.2) is 9.69 Å². The first kappa shape index (κ1) is 29.7. The molecule has 2 aromatic carbocycles. The second-order valence-corrected chi connectivity index (χ2v) is 11.2. The molecular weight excluding hydrogens is 564 g/mol. The molecule has 3 heterocycles. The Bertz CT molecular complexity index is 1460. The van der Waals surface area contributed by atoms with Gasteiger partial charge in [-0.2, -0.15) is 0 Å². The molecule has 1 unspecified atom stereocenters. The Balaban J connectivity index is 1.64. The molecule has 230 valence electrons. The lowest BCUT2D eigenvalue weighted by Gasteiger charge is -2.38. The summed E-state index contributed by atoms with van der Waals surface area (Å²) in [4.78, 5) is 30.6. The highest BCUT2D eigenvalue weighted by atomic mass is 16.7. The van der Waals surface area contributed by atoms with Crippen LogP contribution < -0.4 is 14.4 Å². The monoisotopic (exact) mass is 598 g/mol. The molecular formula is C30H34N2O11. The number of benzene rings is 2. The summed E-state index contributed by atoms with van der Waals surface area (Å²) >= 11 is 0. The average Bonchev–Trinajstić information content (AvgIpc) is 3.43. The lowest BCUT2D eigenvalue weighted by molar-refractivity contribution is -0.181. The Morgan fingerprint density at radius 1 is 1.05 bits per heavy atom. The third kappa shape index (κ3) is 5.80. The van der Waals surface area contributed by atoms with E-state index in [1.165, 1.54) is 24.1 Å². The fourth-order valence-corrected chi connectivity index (χ4v) is 5.16. The molecule has 43 heavy (non-hydrogen) atoms. The Morgan fingerprint density at radius 3 is 2.44 bits per heavy atom. The van der Waals surface area contributed by atoms with Crippen LogP contribution in [-0.4, -0.2) is 75.1 Å². The molecule has 0 aromatic heterocycles. The van der Waals surface area contributed by atoms with Crippen LogP contribution in [0.2, 0.25) is 0 Å². The number of hydrogen-bond donors (Lipinski definition) is 4. The topological polar surface area (TPSA) is 168 Å². The number of carbonyl (C=O) groups excluding carboxylic acids is 2. The van der Waals surface area contributed by atoms with Crippen molar-refractivity contribution in [3.63, 3.8) is 0 Å². The van der Waals surface area contributed by atoms with E-state index in [0.717, 1.165) is 10.5 Å². The second kappa shape index (κ2) is 11.5. The van der Waals surface area contributed by atoms with E-state index in [0.29, 0.717) is 19.4 Å². The SMILES string of the molecule is COc1cc2c(cc1OCc1ccccc1)N(C(=O)OC(C)(C)C)[C@@H](OC1OC(O)=C(O)C(O)=C1O)[C@@H]1CCCN1C2=O. The summed E-state index contributed by atoms with van der Waals surface area (Å²) in [7, 11) is 1.44. The fourth-order valence-electron chi connectivity index (χ4n) is 5.16. The molecule has 3 atom stereocenters. The summed E-state index contributed by atoms with van der Waals surface area (Å²) in [5.74, 6) is -4.11. The number of anilines is 1. The number of rotatable bonds is 6. The van der Waals surface area contributed by atoms with Gasteiger partial charge >= 0.3 is 12.0 Å². The van der Waals surface area contributed by atoms with E-state index in [2.05, 4.69) is 0 Å². The van der Waals surface area contributed by atoms with Crippen LogP contribution in [0.3, 0.4) is 0 Å². The number of nitrogens with zero attached hydrogens (tertiary/aromatic N) is 2. The first-order valence-electron chi connectivity index (χ1n) is 13.7. The third-order valence-electron chi connectivity index (χ3n) is 7.12. The van der Waals surface area contributed by atoms with E-state index in [-0.39, 0.29) is 29.4 Å². The molecule has 13 nitrogen and oxygen atoms in total. The van der Waals surface area contributed by atoms with Crippen molar-refractivity contribution in [2.75, 3.05) is 18.6 Å². The van der Waals surface area contributed by atoms with Crippen molar-refractivity contribution < 1.29 is 53.7 Å². The standard InChI is InChI=1S/C30H34N2O11/c1-30(2,3)43-29(38)32-19-14-21(40-15-16-9-6-5-7-10-16)20(39-4)13-17(19)25(36)31-12-8-11-18(31)26(32)41-28-24(35)22(33)23(34)27(37)42-28/h5-7,9-10,13-14,18,26,28,33-35,37H,8,11-12,15H2,1-4H3/t18-,26-,28?/m0/s1. The minimum atomic E-state index is -1.85. The van der Waals surface area contributed by atoms with Gasteiger partial charge in [0.25, 0.3) is 12.2 Å². The van der Waals surface area contributed by atoms with Gasteiger partial charge in [0.2, 0.25) is 17.3 Å². The Kier molecular flexibility index (Phi) is 7.93. The van der Waals surface area contributed by atoms with Crippen molar-refractivity contribution in [3.05, 3.63) is 76.8 Å². The average molecular weight is 599 g/mol. The molecule has 0 radical (unpaired) electrons. The van der Waals surface area contributed by atoms with Crippen LogP contribution in [0.4, 0.5) is 10.5 Å². The van der Waals surface area contributed by atoms with Gasteiger partial charge in [0, 0.05) is 12.6 Å². The van der Waals surface area contributed by atoms with Crippen molar-refractivity contribution >= 4 is 17.7 Å². The van der Waals surface area contributed by atoms with E-state index >= 15 is 0 Å². The molecule has 1 fully saturated rings. The highest BCUT2D eigenvalue weighted by Gasteiger charge is 2.49. The number of methoxy groups -OCH3 is 1. The largest absolute Gasteiger partial charge is 0.503 e. The predicted octanol–water partition coefficient (Wildman–Crippen LogP) is 4.95. The number of hydrogen-bond acceptors (Lipinski definition) is 11. The van der Waals surface area contributed by atoms with Crippen molar-refractivity contribution in [3.8, 4) is 11.5 Å². The van der Waals surface area contributed by atoms with Gasteiger partial charge in [0.1, 0.15) is 12.2 Å². The molecule has 3 aliphatic rings. The van der Waals surface area contributed by atoms with Crippen molar-refractivity contribution in [2.45, 2.75) is 64.4 Å². The van der Waals surface area contributed by atoms with E-state index in [1.54, 1.807) is 20.8 Å². The van der Waals surface area contributed by atoms with Crippen LogP contribution >= 0.6 is 0 Å². The van der Waals surface area contributed by atoms with Crippen LogP contribution in [0.5, 0.6) is 11.5 Å². The van der Waals surface area contributed by atoms with E-state index in [4.69, 9.17) is 23.7 Å². The Hall–Kier alpha value is -4.78. The van der Waals surface area contributed by atoms with Crippen LogP contribution in [0.15, 0.2) is 65.7 Å². The summed E-state index contributed by atoms with van der Waals surface area (Å²) in [5.41, 5.74) is 0.101. The molecule has 13 heteroatoms. The van der Waals surface area contributed by atoms with Gasteiger partial charge in [0.05, 0.1) is 24.4 Å². The van der Waals surface area contributed by atoms with Crippen LogP contribution in [0, 0.1) is 0 Å². The molecule has 0 bridgehead atoms. The zero-order chi connectivity index (χ0) is 31.1. The van der Waals surface area contributed by atoms with Crippen LogP contribution in [0.1, 0.15) is 49.5 Å². The molecule has 0 saturated carbocycles. The van der Waals surface area contributed by atoms with Gasteiger partial charge in [-0.3, -0.25) is 4.79 Å². The lowest BCUT2D eigenvalue weighted by atomic mass is 10.1. The van der Waals surface area contributed by atoms with Gasteiger partial charge in [-0.1, -0.05) is 30.3 Å². The Labute approximate surface area is 247 Å². The number of amides is 2. The summed E-state index contributed by atoms with van der Waals surface area (Å²) in [6.45, 7) is 5.53. The molecule has 0 spiro atoms. The maximum atomic E-state index is 14.0. The maximum absolute atomic E-state index is 14.0. The number of aliphatic hydroxyl groups excluding tert-OH is 4. The summed E-state index contributed by atoms with van der Waals surface area (Å²) in [6, 6.07) is 11.6. The molecule has 2 amide bonds. The Morgan fingerprint density at radius 2 is 1.77 bits per heavy atom. The van der Waals surface area contributed by atoms with Crippen LogP contribution in [0.25, 0.3) is 0 Å². The molecule has 4 N–H and O–H groups in total. The van der Waals surface area contributed by atoms with Gasteiger partial charge < -0.3 is 49.0 Å². The zero-order valence-corrected chi connectivity index (χ0v) is 24.1. The third-order valence-corrected chi connectivity index (χ3v) is 7.12. The van der Waals surface area contributed by atoms with Crippen molar-refractivity contribution in [1.29, 1.82) is 0 Å². The highest BCUT2D eigenvalue weighted by molar-refractivity contribution is 6.06. The number of fused-ring (bicyclic) bond motifs is 2. The van der Waals surface area contributed by atoms with E-state index < -0.39 is 59.4 Å². The lowest BCUT2D eigenvalue weighted by Crippen LogP contribution is -2.55. The van der Waals surface area contributed by atoms with Crippen molar-refractivity contribution in [1.82, 2.24) is 4.90 Å². The fraction of sp³-hybridized carbons (Fsp3) is 0.400. The second-order valence-electron chi connectivity index (χ2n) is 11.2. The molecule has 5 rings (SSSR count). The van der Waals surface area contributed by atoms with Gasteiger partial charge in [-0.05, 0) is 45.2 Å². The first-order chi connectivity index (χ1) is 20.4. The first-order valence-corrected chi connectivity index (χ1v) is 13.7. The molecule has 1 saturated heterocycles. The van der Waals surface area contributed by atoms with E-state index in [1.807, 2.05) is 30.3 Å². The summed E-state index contributed by atoms with van der Waals surface area (Å²) in [6.07, 6.45) is -3.12. The number of carbonyl (C=O) groups is 2. The van der Waals surface area contributed by atoms with E-state index in [9.17, 15) is 30.0 Å². The normalized spacial score (nSPS) is 22.0. The number of aliphatic hydroxyl groups is 4. The maximum Gasteiger partial charge on any atom is 0.417 e. The molecule has 2 aromatic rings. The smallest absolute Gasteiger partial charge is 0.417 e. The summed E-state index contributed by atoms with van der Waals surface area (Å²) < 4.78 is 28.6.